The Kier molecular flexibility index (Phi) is 1.71. The topological polar surface area (TPSA) is 81.1 Å². The summed E-state index contributed by atoms with van der Waals surface area (Å²) < 4.78 is 1.94. The molecular weight excluding hydrogens is 206 g/mol. The van der Waals surface area contributed by atoms with Gasteiger partial charge in [0.05, 0.1) is 17.4 Å². The lowest BCUT2D eigenvalue weighted by atomic mass is 10.2. The Labute approximate surface area is 91.5 Å². The summed E-state index contributed by atoms with van der Waals surface area (Å²) in [7, 11) is 0. The summed E-state index contributed by atoms with van der Waals surface area (Å²) in [5.74, 6) is -0.934. The van der Waals surface area contributed by atoms with Gasteiger partial charge in [0, 0.05) is 17.6 Å². The second-order valence-electron chi connectivity index (χ2n) is 4.13. The van der Waals surface area contributed by atoms with Gasteiger partial charge in [-0.15, -0.1) is 0 Å². The van der Waals surface area contributed by atoms with E-state index in [1.54, 1.807) is 18.5 Å². The van der Waals surface area contributed by atoms with Gasteiger partial charge in [-0.25, -0.2) is 9.78 Å². The van der Waals surface area contributed by atoms with Crippen molar-refractivity contribution in [2.24, 2.45) is 0 Å². The third kappa shape index (κ3) is 1.25. The molecule has 0 aliphatic heterocycles. The van der Waals surface area contributed by atoms with E-state index in [9.17, 15) is 4.79 Å². The van der Waals surface area contributed by atoms with Crippen LogP contribution in [0.2, 0.25) is 0 Å². The van der Waals surface area contributed by atoms with Crippen molar-refractivity contribution < 1.29 is 9.90 Å². The van der Waals surface area contributed by atoms with E-state index in [0.717, 1.165) is 12.8 Å². The van der Waals surface area contributed by atoms with E-state index in [1.165, 1.54) is 0 Å². The highest BCUT2D eigenvalue weighted by atomic mass is 16.4. The molecule has 0 aromatic carbocycles. The molecule has 0 unspecified atom stereocenters. The van der Waals surface area contributed by atoms with Crippen LogP contribution in [0.15, 0.2) is 18.5 Å². The van der Waals surface area contributed by atoms with Gasteiger partial charge in [-0.05, 0) is 18.9 Å². The molecule has 0 bridgehead atoms. The zero-order valence-corrected chi connectivity index (χ0v) is 8.55. The monoisotopic (exact) mass is 217 g/mol. The fourth-order valence-corrected chi connectivity index (χ4v) is 1.95. The quantitative estimate of drug-likeness (QED) is 0.801. The summed E-state index contributed by atoms with van der Waals surface area (Å²) in [5.41, 5.74) is 7.11. The van der Waals surface area contributed by atoms with Crippen molar-refractivity contribution in [3.05, 3.63) is 24.0 Å². The number of carboxylic acid groups (broad SMARTS) is 1. The smallest absolute Gasteiger partial charge is 0.337 e. The van der Waals surface area contributed by atoms with Gasteiger partial charge in [0.1, 0.15) is 5.65 Å². The highest BCUT2D eigenvalue weighted by Gasteiger charge is 2.27. The molecule has 1 fully saturated rings. The number of rotatable bonds is 2. The molecule has 0 saturated heterocycles. The number of anilines is 1. The summed E-state index contributed by atoms with van der Waals surface area (Å²) in [6, 6.07) is 2.08. The number of nitrogens with two attached hydrogens (primary N) is 1. The minimum Gasteiger partial charge on any atom is -0.478 e. The lowest BCUT2D eigenvalue weighted by Crippen LogP contribution is -1.94. The highest BCUT2D eigenvalue weighted by Crippen LogP contribution is 2.38. The van der Waals surface area contributed by atoms with Crippen molar-refractivity contribution in [1.29, 1.82) is 0 Å². The molecule has 16 heavy (non-hydrogen) atoms. The van der Waals surface area contributed by atoms with Gasteiger partial charge in [0.2, 0.25) is 0 Å². The molecular formula is C11H11N3O2. The van der Waals surface area contributed by atoms with E-state index in [4.69, 9.17) is 10.8 Å². The molecule has 0 atom stereocenters. The fraction of sp³-hybridized carbons (Fsp3) is 0.273. The van der Waals surface area contributed by atoms with Crippen LogP contribution in [-0.2, 0) is 0 Å². The van der Waals surface area contributed by atoms with Gasteiger partial charge < -0.3 is 15.4 Å². The number of aromatic nitrogens is 2. The average molecular weight is 217 g/mol. The molecule has 5 heteroatoms. The fourth-order valence-electron chi connectivity index (χ4n) is 1.95. The summed E-state index contributed by atoms with van der Waals surface area (Å²) in [6.45, 7) is 0. The van der Waals surface area contributed by atoms with Crippen LogP contribution in [0.25, 0.3) is 11.0 Å². The number of nitrogens with zero attached hydrogens (tertiary/aromatic N) is 2. The van der Waals surface area contributed by atoms with Crippen LogP contribution in [-0.4, -0.2) is 20.6 Å². The Morgan fingerprint density at radius 1 is 1.56 bits per heavy atom. The van der Waals surface area contributed by atoms with Gasteiger partial charge in [-0.2, -0.15) is 0 Å². The molecule has 1 aliphatic rings. The molecule has 2 aromatic heterocycles. The minimum absolute atomic E-state index is 0.279. The first-order chi connectivity index (χ1) is 7.66. The predicted molar refractivity (Wildman–Crippen MR) is 59.4 cm³/mol. The second kappa shape index (κ2) is 2.98. The largest absolute Gasteiger partial charge is 0.478 e. The Bertz CT molecular complexity index is 584. The molecule has 3 rings (SSSR count). The number of carboxylic acids is 1. The predicted octanol–water partition coefficient (Wildman–Crippen LogP) is 1.65. The van der Waals surface area contributed by atoms with Crippen LogP contribution >= 0.6 is 0 Å². The number of fused-ring (bicyclic) bond motifs is 1. The third-order valence-corrected chi connectivity index (χ3v) is 2.86. The molecule has 1 saturated carbocycles. The second-order valence-corrected chi connectivity index (χ2v) is 4.13. The number of hydrogen-bond donors (Lipinski definition) is 2. The van der Waals surface area contributed by atoms with Crippen LogP contribution in [0, 0.1) is 0 Å². The summed E-state index contributed by atoms with van der Waals surface area (Å²) in [5, 5.41) is 9.73. The maximum Gasteiger partial charge on any atom is 0.337 e. The zero-order valence-electron chi connectivity index (χ0n) is 8.55. The number of pyridine rings is 1. The van der Waals surface area contributed by atoms with Gasteiger partial charge in [0.15, 0.2) is 0 Å². The van der Waals surface area contributed by atoms with Crippen molar-refractivity contribution in [2.45, 2.75) is 18.9 Å². The van der Waals surface area contributed by atoms with Gasteiger partial charge in [-0.3, -0.25) is 0 Å². The van der Waals surface area contributed by atoms with E-state index in [2.05, 4.69) is 4.98 Å². The average Bonchev–Trinajstić information content (AvgIpc) is 2.99. The first-order valence-electron chi connectivity index (χ1n) is 5.16. The van der Waals surface area contributed by atoms with Crippen molar-refractivity contribution in [3.63, 3.8) is 0 Å². The molecule has 0 radical (unpaired) electrons. The Morgan fingerprint density at radius 3 is 2.94 bits per heavy atom. The van der Waals surface area contributed by atoms with E-state index in [0.29, 0.717) is 22.8 Å². The lowest BCUT2D eigenvalue weighted by Gasteiger charge is -2.00. The Morgan fingerprint density at radius 2 is 2.31 bits per heavy atom. The Hall–Kier alpha value is -2.04. The highest BCUT2D eigenvalue weighted by molar-refractivity contribution is 6.03. The number of nitrogen functional groups attached to an aromatic ring is 1. The minimum atomic E-state index is -0.934. The van der Waals surface area contributed by atoms with Gasteiger partial charge >= 0.3 is 5.97 Å². The van der Waals surface area contributed by atoms with Crippen molar-refractivity contribution in [2.75, 3.05) is 5.73 Å². The first-order valence-corrected chi connectivity index (χ1v) is 5.16. The molecule has 82 valence electrons. The number of aromatic carboxylic acids is 1. The van der Waals surface area contributed by atoms with Crippen LogP contribution in [0.1, 0.15) is 29.2 Å². The molecule has 2 heterocycles. The van der Waals surface area contributed by atoms with Crippen molar-refractivity contribution >= 4 is 22.7 Å². The van der Waals surface area contributed by atoms with E-state index in [1.807, 2.05) is 4.57 Å². The molecule has 1 aliphatic carbocycles. The number of hydrogen-bond acceptors (Lipinski definition) is 3. The molecule has 2 aromatic rings. The lowest BCUT2D eigenvalue weighted by molar-refractivity contribution is 0.0699. The summed E-state index contributed by atoms with van der Waals surface area (Å²) in [6.07, 6.45) is 5.41. The first kappa shape index (κ1) is 9.21. The van der Waals surface area contributed by atoms with Crippen LogP contribution in [0.5, 0.6) is 0 Å². The van der Waals surface area contributed by atoms with Gasteiger partial charge in [-0.1, -0.05) is 0 Å². The number of carbonyl (C=O) groups is 1. The zero-order chi connectivity index (χ0) is 11.3. The van der Waals surface area contributed by atoms with Crippen molar-refractivity contribution in [1.82, 2.24) is 9.55 Å². The van der Waals surface area contributed by atoms with Gasteiger partial charge in [0.25, 0.3) is 0 Å². The molecule has 5 nitrogen and oxygen atoms in total. The summed E-state index contributed by atoms with van der Waals surface area (Å²) >= 11 is 0. The molecule has 0 amide bonds. The van der Waals surface area contributed by atoms with Crippen molar-refractivity contribution in [3.8, 4) is 0 Å². The van der Waals surface area contributed by atoms with Crippen LogP contribution < -0.4 is 5.73 Å². The maximum absolute atomic E-state index is 11.1. The van der Waals surface area contributed by atoms with Crippen LogP contribution in [0.3, 0.4) is 0 Å². The third-order valence-electron chi connectivity index (χ3n) is 2.86. The normalized spacial score (nSPS) is 15.5. The van der Waals surface area contributed by atoms with E-state index in [-0.39, 0.29) is 5.56 Å². The molecule has 0 spiro atoms. The summed E-state index contributed by atoms with van der Waals surface area (Å²) in [4.78, 5) is 15.3. The standard InChI is InChI=1S/C11H11N3O2/c12-6-3-8-9(11(15)16)5-14(7-1-2-7)10(8)13-4-6/h3-5,7H,1-2,12H2,(H,15,16). The van der Waals surface area contributed by atoms with E-state index < -0.39 is 5.97 Å². The molecule has 3 N–H and O–H groups in total. The maximum atomic E-state index is 11.1. The van der Waals surface area contributed by atoms with Crippen LogP contribution in [0.4, 0.5) is 5.69 Å². The van der Waals surface area contributed by atoms with E-state index >= 15 is 0 Å². The SMILES string of the molecule is Nc1cnc2c(c1)c(C(=O)O)cn2C1CC1. The Balaban J connectivity index is 2.32.